The Balaban J connectivity index is 1.88. The van der Waals surface area contributed by atoms with Gasteiger partial charge >= 0.3 is 0 Å². The zero-order valence-corrected chi connectivity index (χ0v) is 13.4. The fraction of sp³-hybridized carbons (Fsp3) is 0.600. The maximum absolute atomic E-state index is 12.8. The molecule has 1 aromatic carbocycles. The topological polar surface area (TPSA) is 69.4 Å². The van der Waals surface area contributed by atoms with Crippen LogP contribution in [0.1, 0.15) is 38.5 Å². The third-order valence-electron chi connectivity index (χ3n) is 4.70. The molecule has 0 bridgehead atoms. The summed E-state index contributed by atoms with van der Waals surface area (Å²) in [6, 6.07) is 4.57. The maximum atomic E-state index is 12.8. The largest absolute Gasteiger partial charge is 0.398 e. The van der Waals surface area contributed by atoms with Gasteiger partial charge in [-0.3, -0.25) is 0 Å². The van der Waals surface area contributed by atoms with E-state index >= 15 is 0 Å². The Hall–Kier alpha value is -0.780. The molecule has 1 aromatic rings. The molecule has 0 aromatic heterocycles. The quantitative estimate of drug-likeness (QED) is 0.846. The number of hydrogen-bond acceptors (Lipinski definition) is 4. The Kier molecular flexibility index (Phi) is 3.93. The van der Waals surface area contributed by atoms with E-state index in [1.165, 1.54) is 6.07 Å². The third kappa shape index (κ3) is 2.79. The minimum atomic E-state index is -3.38. The molecule has 1 atom stereocenters. The van der Waals surface area contributed by atoms with Gasteiger partial charge in [0.15, 0.2) is 9.84 Å². The van der Waals surface area contributed by atoms with Gasteiger partial charge in [-0.1, -0.05) is 24.4 Å². The molecular formula is C15H20ClNO3S. The van der Waals surface area contributed by atoms with Gasteiger partial charge in [-0.15, -0.1) is 0 Å². The minimum Gasteiger partial charge on any atom is -0.398 e. The van der Waals surface area contributed by atoms with Crippen LogP contribution in [0.2, 0.25) is 5.02 Å². The Labute approximate surface area is 130 Å². The molecule has 4 nitrogen and oxygen atoms in total. The Morgan fingerprint density at radius 2 is 2.00 bits per heavy atom. The molecule has 1 saturated heterocycles. The number of anilines is 1. The number of benzene rings is 1. The average Bonchev–Trinajstić information content (AvgIpc) is 2.89. The second-order valence-corrected chi connectivity index (χ2v) is 8.72. The molecule has 1 aliphatic carbocycles. The van der Waals surface area contributed by atoms with Gasteiger partial charge in [0.05, 0.1) is 26.5 Å². The van der Waals surface area contributed by atoms with E-state index in [9.17, 15) is 8.42 Å². The summed E-state index contributed by atoms with van der Waals surface area (Å²) >= 11 is 5.97. The number of halogens is 1. The van der Waals surface area contributed by atoms with E-state index in [0.717, 1.165) is 25.7 Å². The first-order chi connectivity index (χ1) is 9.93. The lowest BCUT2D eigenvalue weighted by Gasteiger charge is -2.38. The molecule has 3 rings (SSSR count). The lowest BCUT2D eigenvalue weighted by atomic mass is 9.92. The van der Waals surface area contributed by atoms with Gasteiger partial charge in [-0.05, 0) is 43.9 Å². The van der Waals surface area contributed by atoms with Crippen LogP contribution in [0.4, 0.5) is 5.69 Å². The molecular weight excluding hydrogens is 310 g/mol. The van der Waals surface area contributed by atoms with E-state index in [1.54, 1.807) is 12.1 Å². The Morgan fingerprint density at radius 3 is 2.67 bits per heavy atom. The van der Waals surface area contributed by atoms with Gasteiger partial charge in [-0.25, -0.2) is 8.42 Å². The van der Waals surface area contributed by atoms with E-state index in [1.807, 2.05) is 0 Å². The molecule has 2 aliphatic rings. The fourth-order valence-electron chi connectivity index (χ4n) is 3.49. The normalized spacial score (nSPS) is 25.3. The second-order valence-electron chi connectivity index (χ2n) is 6.08. The molecule has 1 aliphatic heterocycles. The van der Waals surface area contributed by atoms with Crippen molar-refractivity contribution in [2.75, 3.05) is 12.3 Å². The summed E-state index contributed by atoms with van der Waals surface area (Å²) in [7, 11) is -3.38. The summed E-state index contributed by atoms with van der Waals surface area (Å²) in [5, 5.41) is -0.0947. The van der Waals surface area contributed by atoms with E-state index < -0.39 is 9.84 Å². The highest BCUT2D eigenvalue weighted by atomic mass is 35.5. The van der Waals surface area contributed by atoms with E-state index in [2.05, 4.69) is 0 Å². The number of sulfone groups is 1. The van der Waals surface area contributed by atoms with Gasteiger partial charge < -0.3 is 10.5 Å². The number of rotatable bonds is 2. The molecule has 0 radical (unpaired) electrons. The molecule has 116 valence electrons. The first kappa shape index (κ1) is 15.1. The summed E-state index contributed by atoms with van der Waals surface area (Å²) in [6.07, 6.45) is 5.34. The summed E-state index contributed by atoms with van der Waals surface area (Å²) in [5.74, 6) is 0. The summed E-state index contributed by atoms with van der Waals surface area (Å²) in [4.78, 5) is 0.266. The maximum Gasteiger partial charge on any atom is 0.181 e. The van der Waals surface area contributed by atoms with Crippen LogP contribution < -0.4 is 5.73 Å². The van der Waals surface area contributed by atoms with Crippen molar-refractivity contribution in [2.24, 2.45) is 0 Å². The van der Waals surface area contributed by atoms with Crippen molar-refractivity contribution in [2.45, 2.75) is 54.3 Å². The highest BCUT2D eigenvalue weighted by Crippen LogP contribution is 2.42. The smallest absolute Gasteiger partial charge is 0.181 e. The molecule has 2 N–H and O–H groups in total. The van der Waals surface area contributed by atoms with Crippen LogP contribution in [0.15, 0.2) is 23.1 Å². The summed E-state index contributed by atoms with van der Waals surface area (Å²) < 4.78 is 31.6. The van der Waals surface area contributed by atoms with Crippen molar-refractivity contribution in [3.63, 3.8) is 0 Å². The predicted octanol–water partition coefficient (Wildman–Crippen LogP) is 3.19. The summed E-state index contributed by atoms with van der Waals surface area (Å²) in [5.41, 5.74) is 5.84. The first-order valence-corrected chi connectivity index (χ1v) is 9.28. The van der Waals surface area contributed by atoms with Crippen molar-refractivity contribution in [1.29, 1.82) is 0 Å². The molecule has 1 heterocycles. The number of hydrogen-bond donors (Lipinski definition) is 1. The number of nitrogen functional groups attached to an aromatic ring is 1. The van der Waals surface area contributed by atoms with E-state index in [4.69, 9.17) is 22.1 Å². The van der Waals surface area contributed by atoms with Crippen LogP contribution in [-0.4, -0.2) is 25.9 Å². The van der Waals surface area contributed by atoms with Crippen LogP contribution in [-0.2, 0) is 14.6 Å². The Morgan fingerprint density at radius 1 is 1.29 bits per heavy atom. The van der Waals surface area contributed by atoms with Crippen molar-refractivity contribution in [3.8, 4) is 0 Å². The lowest BCUT2D eigenvalue weighted by molar-refractivity contribution is -0.0713. The van der Waals surface area contributed by atoms with Gasteiger partial charge in [-0.2, -0.15) is 0 Å². The molecule has 21 heavy (non-hydrogen) atoms. The van der Waals surface area contributed by atoms with E-state index in [-0.39, 0.29) is 15.7 Å². The van der Waals surface area contributed by atoms with Crippen LogP contribution in [0, 0.1) is 0 Å². The molecule has 1 spiro atoms. The minimum absolute atomic E-state index is 0.215. The average molecular weight is 330 g/mol. The predicted molar refractivity (Wildman–Crippen MR) is 83.2 cm³/mol. The van der Waals surface area contributed by atoms with Gasteiger partial charge in [0.2, 0.25) is 0 Å². The van der Waals surface area contributed by atoms with Crippen LogP contribution in [0.5, 0.6) is 0 Å². The highest BCUT2D eigenvalue weighted by Gasteiger charge is 2.44. The molecule has 1 unspecified atom stereocenters. The zero-order valence-electron chi connectivity index (χ0n) is 11.8. The van der Waals surface area contributed by atoms with Gasteiger partial charge in [0, 0.05) is 6.61 Å². The van der Waals surface area contributed by atoms with Gasteiger partial charge in [0.25, 0.3) is 0 Å². The van der Waals surface area contributed by atoms with Crippen molar-refractivity contribution < 1.29 is 13.2 Å². The Bertz CT molecular complexity index is 638. The SMILES string of the molecule is Nc1ccc(S(=O)(=O)C2CCOC3(CCCC3)C2)cc1Cl. The standard InChI is InChI=1S/C15H20ClNO3S/c16-13-9-11(3-4-14(13)17)21(18,19)12-5-8-20-15(10-12)6-1-2-7-15/h3-4,9,12H,1-2,5-8,10,17H2. The van der Waals surface area contributed by atoms with Crippen LogP contribution in [0.3, 0.4) is 0 Å². The zero-order chi connectivity index (χ0) is 15.1. The lowest BCUT2D eigenvalue weighted by Crippen LogP contribution is -2.42. The van der Waals surface area contributed by atoms with Crippen molar-refractivity contribution >= 4 is 27.1 Å². The van der Waals surface area contributed by atoms with Crippen LogP contribution in [0.25, 0.3) is 0 Å². The van der Waals surface area contributed by atoms with Crippen LogP contribution >= 0.6 is 11.6 Å². The van der Waals surface area contributed by atoms with Gasteiger partial charge in [0.1, 0.15) is 0 Å². The van der Waals surface area contributed by atoms with E-state index in [0.29, 0.717) is 30.2 Å². The molecule has 0 amide bonds. The third-order valence-corrected chi connectivity index (χ3v) is 7.22. The number of ether oxygens (including phenoxy) is 1. The monoisotopic (exact) mass is 329 g/mol. The molecule has 2 fully saturated rings. The second kappa shape index (κ2) is 5.45. The fourth-order valence-corrected chi connectivity index (χ4v) is 5.59. The molecule has 6 heteroatoms. The highest BCUT2D eigenvalue weighted by molar-refractivity contribution is 7.92. The summed E-state index contributed by atoms with van der Waals surface area (Å²) in [6.45, 7) is 0.520. The number of nitrogens with two attached hydrogens (primary N) is 1. The first-order valence-electron chi connectivity index (χ1n) is 7.36. The van der Waals surface area contributed by atoms with Crippen molar-refractivity contribution in [3.05, 3.63) is 23.2 Å². The van der Waals surface area contributed by atoms with Crippen molar-refractivity contribution in [1.82, 2.24) is 0 Å². The molecule has 1 saturated carbocycles.